The first-order valence-electron chi connectivity index (χ1n) is 7.48. The highest BCUT2D eigenvalue weighted by molar-refractivity contribution is 9.10. The third-order valence-electron chi connectivity index (χ3n) is 3.34. The number of nitrogens with zero attached hydrogens (tertiary/aromatic N) is 3. The van der Waals surface area contributed by atoms with Gasteiger partial charge in [0.05, 0.1) is 12.8 Å². The second-order valence-electron chi connectivity index (χ2n) is 5.03. The van der Waals surface area contributed by atoms with E-state index in [-0.39, 0.29) is 5.82 Å². The predicted octanol–water partition coefficient (Wildman–Crippen LogP) is 4.79. The van der Waals surface area contributed by atoms with Crippen LogP contribution >= 0.6 is 28.1 Å². The van der Waals surface area contributed by atoms with Gasteiger partial charge < -0.3 is 4.74 Å². The van der Waals surface area contributed by atoms with Crippen molar-refractivity contribution < 1.29 is 9.13 Å². The first-order chi connectivity index (χ1) is 12.1. The highest BCUT2D eigenvalue weighted by Crippen LogP contribution is 2.21. The summed E-state index contributed by atoms with van der Waals surface area (Å²) in [4.78, 5) is 0. The van der Waals surface area contributed by atoms with E-state index in [1.54, 1.807) is 12.1 Å². The lowest BCUT2D eigenvalue weighted by Crippen LogP contribution is -1.97. The van der Waals surface area contributed by atoms with E-state index in [0.29, 0.717) is 22.8 Å². The van der Waals surface area contributed by atoms with Gasteiger partial charge in [-0.2, -0.15) is 14.9 Å². The number of rotatable bonds is 5. The lowest BCUT2D eigenvalue weighted by molar-refractivity contribution is 0.340. The molecule has 0 aliphatic carbocycles. The summed E-state index contributed by atoms with van der Waals surface area (Å²) in [6.45, 7) is 2.52. The molecule has 5 nitrogen and oxygen atoms in total. The fraction of sp³-hybridized carbons (Fsp3) is 0.118. The number of nitrogens with one attached hydrogen (secondary N) is 1. The number of H-pyrrole nitrogens is 1. The molecule has 0 saturated heterocycles. The molecule has 0 aliphatic rings. The topological polar surface area (TPSA) is 55.2 Å². The quantitative estimate of drug-likeness (QED) is 0.476. The van der Waals surface area contributed by atoms with E-state index >= 15 is 0 Å². The van der Waals surface area contributed by atoms with Gasteiger partial charge in [0, 0.05) is 15.6 Å². The Morgan fingerprint density at radius 3 is 2.80 bits per heavy atom. The average Bonchev–Trinajstić information content (AvgIpc) is 2.97. The molecule has 0 saturated carbocycles. The summed E-state index contributed by atoms with van der Waals surface area (Å²) >= 11 is 8.53. The van der Waals surface area contributed by atoms with Gasteiger partial charge in [-0.3, -0.25) is 0 Å². The van der Waals surface area contributed by atoms with Gasteiger partial charge in [-0.25, -0.2) is 9.49 Å². The zero-order valence-corrected chi connectivity index (χ0v) is 15.6. The maximum Gasteiger partial charge on any atom is 0.216 e. The number of aromatic nitrogens is 3. The van der Waals surface area contributed by atoms with Crippen molar-refractivity contribution in [1.82, 2.24) is 14.9 Å². The van der Waals surface area contributed by atoms with Gasteiger partial charge in [-0.05, 0) is 61.6 Å². The second-order valence-corrected chi connectivity index (χ2v) is 6.33. The maximum absolute atomic E-state index is 13.9. The summed E-state index contributed by atoms with van der Waals surface area (Å²) in [6.07, 6.45) is 1.41. The van der Waals surface area contributed by atoms with Gasteiger partial charge in [0.2, 0.25) is 4.77 Å². The highest BCUT2D eigenvalue weighted by atomic mass is 79.9. The van der Waals surface area contributed by atoms with Crippen LogP contribution in [0, 0.1) is 10.6 Å². The molecule has 8 heteroatoms. The van der Waals surface area contributed by atoms with Gasteiger partial charge in [0.1, 0.15) is 11.6 Å². The minimum atomic E-state index is -0.371. The molecule has 1 heterocycles. The van der Waals surface area contributed by atoms with Crippen LogP contribution in [0.5, 0.6) is 5.75 Å². The molecule has 3 rings (SSSR count). The fourth-order valence-corrected chi connectivity index (χ4v) is 2.74. The van der Waals surface area contributed by atoms with Crippen molar-refractivity contribution in [3.05, 3.63) is 63.1 Å². The Hall–Kier alpha value is -2.32. The van der Waals surface area contributed by atoms with Crippen molar-refractivity contribution in [3.63, 3.8) is 0 Å². The standard InChI is InChI=1S/C17H14BrFN4OS/c1-2-24-14-6-3-11(4-7-14)16-21-22-17(25)23(16)20-10-12-9-13(18)5-8-15(12)19/h3-10H,2H2,1H3,(H,22,25). The van der Waals surface area contributed by atoms with E-state index in [1.165, 1.54) is 17.0 Å². The number of ether oxygens (including phenoxy) is 1. The predicted molar refractivity (Wildman–Crippen MR) is 101 cm³/mol. The van der Waals surface area contributed by atoms with Crippen molar-refractivity contribution >= 4 is 34.4 Å². The highest BCUT2D eigenvalue weighted by Gasteiger charge is 2.09. The maximum atomic E-state index is 13.9. The van der Waals surface area contributed by atoms with Gasteiger partial charge in [-0.1, -0.05) is 15.9 Å². The Bertz CT molecular complexity index is 966. The molecule has 0 atom stereocenters. The molecule has 0 amide bonds. The molecule has 1 aromatic heterocycles. The van der Waals surface area contributed by atoms with Crippen molar-refractivity contribution in [1.29, 1.82) is 0 Å². The number of hydrogen-bond donors (Lipinski definition) is 1. The van der Waals surface area contributed by atoms with E-state index < -0.39 is 0 Å². The molecule has 0 spiro atoms. The largest absolute Gasteiger partial charge is 0.494 e. The Balaban J connectivity index is 1.95. The first kappa shape index (κ1) is 17.5. The van der Waals surface area contributed by atoms with Crippen LogP contribution in [-0.2, 0) is 0 Å². The monoisotopic (exact) mass is 420 g/mol. The summed E-state index contributed by atoms with van der Waals surface area (Å²) in [5.41, 5.74) is 1.15. The Kier molecular flexibility index (Phi) is 5.40. The molecular formula is C17H14BrFN4OS. The van der Waals surface area contributed by atoms with E-state index in [9.17, 15) is 4.39 Å². The zero-order valence-electron chi connectivity index (χ0n) is 13.2. The van der Waals surface area contributed by atoms with Gasteiger partial charge in [-0.15, -0.1) is 0 Å². The fourth-order valence-electron chi connectivity index (χ4n) is 2.19. The first-order valence-corrected chi connectivity index (χ1v) is 8.68. The van der Waals surface area contributed by atoms with Crippen LogP contribution in [0.3, 0.4) is 0 Å². The molecule has 128 valence electrons. The number of aromatic amines is 1. The molecule has 0 bridgehead atoms. The van der Waals surface area contributed by atoms with Crippen molar-refractivity contribution in [3.8, 4) is 17.1 Å². The lowest BCUT2D eigenvalue weighted by atomic mass is 10.2. The van der Waals surface area contributed by atoms with Gasteiger partial charge in [0.25, 0.3) is 0 Å². The van der Waals surface area contributed by atoms with Crippen LogP contribution in [0.25, 0.3) is 11.4 Å². The average molecular weight is 421 g/mol. The SMILES string of the molecule is CCOc1ccc(-c2n[nH]c(=S)n2N=Cc2cc(Br)ccc2F)cc1. The van der Waals surface area contributed by atoms with E-state index in [0.717, 1.165) is 15.8 Å². The summed E-state index contributed by atoms with van der Waals surface area (Å²) in [6, 6.07) is 12.1. The summed E-state index contributed by atoms with van der Waals surface area (Å²) in [7, 11) is 0. The van der Waals surface area contributed by atoms with E-state index in [4.69, 9.17) is 17.0 Å². The Labute approximate surface area is 157 Å². The Morgan fingerprint density at radius 1 is 1.32 bits per heavy atom. The van der Waals surface area contributed by atoms with Crippen LogP contribution in [-0.4, -0.2) is 27.7 Å². The molecule has 3 aromatic rings. The second kappa shape index (κ2) is 7.71. The minimum absolute atomic E-state index is 0.315. The van der Waals surface area contributed by atoms with Crippen molar-refractivity contribution in [2.45, 2.75) is 6.92 Å². The Morgan fingerprint density at radius 2 is 2.08 bits per heavy atom. The molecule has 0 aliphatic heterocycles. The molecule has 25 heavy (non-hydrogen) atoms. The van der Waals surface area contributed by atoms with E-state index in [2.05, 4.69) is 31.2 Å². The van der Waals surface area contributed by atoms with E-state index in [1.807, 2.05) is 31.2 Å². The van der Waals surface area contributed by atoms with Crippen molar-refractivity contribution in [2.24, 2.45) is 5.10 Å². The molecular weight excluding hydrogens is 407 g/mol. The molecule has 2 aromatic carbocycles. The van der Waals surface area contributed by atoms with Crippen LogP contribution < -0.4 is 4.74 Å². The van der Waals surface area contributed by atoms with Gasteiger partial charge >= 0.3 is 0 Å². The van der Waals surface area contributed by atoms with Crippen LogP contribution in [0.15, 0.2) is 52.0 Å². The third-order valence-corrected chi connectivity index (χ3v) is 4.10. The summed E-state index contributed by atoms with van der Waals surface area (Å²) in [5, 5.41) is 11.2. The molecule has 0 radical (unpaired) electrons. The molecule has 0 unspecified atom stereocenters. The normalized spacial score (nSPS) is 11.2. The smallest absolute Gasteiger partial charge is 0.216 e. The molecule has 0 fully saturated rings. The van der Waals surface area contributed by atoms with Crippen LogP contribution in [0.4, 0.5) is 4.39 Å². The summed E-state index contributed by atoms with van der Waals surface area (Å²) < 4.78 is 21.8. The molecule has 1 N–H and O–H groups in total. The minimum Gasteiger partial charge on any atom is -0.494 e. The van der Waals surface area contributed by atoms with Crippen LogP contribution in [0.2, 0.25) is 0 Å². The number of halogens is 2. The number of benzene rings is 2. The van der Waals surface area contributed by atoms with Crippen LogP contribution in [0.1, 0.15) is 12.5 Å². The lowest BCUT2D eigenvalue weighted by Gasteiger charge is -2.04. The zero-order chi connectivity index (χ0) is 17.8. The third kappa shape index (κ3) is 4.02. The van der Waals surface area contributed by atoms with Gasteiger partial charge in [0.15, 0.2) is 5.82 Å². The van der Waals surface area contributed by atoms with Crippen molar-refractivity contribution in [2.75, 3.05) is 6.61 Å². The summed E-state index contributed by atoms with van der Waals surface area (Å²) in [5.74, 6) is 0.927. The number of hydrogen-bond acceptors (Lipinski definition) is 4.